The van der Waals surface area contributed by atoms with Crippen molar-refractivity contribution < 1.29 is 9.59 Å². The second-order valence-electron chi connectivity index (χ2n) is 9.07. The number of unbranched alkanes of at least 4 members (excludes halogenated alkanes) is 12. The summed E-state index contributed by atoms with van der Waals surface area (Å²) in [6.07, 6.45) is 18.3. The second kappa shape index (κ2) is 22.0. The summed E-state index contributed by atoms with van der Waals surface area (Å²) in [7, 11) is 0. The van der Waals surface area contributed by atoms with E-state index in [1.165, 1.54) is 70.6 Å². The number of hydrogen-bond acceptors (Lipinski definition) is 3. The molecule has 0 aliphatic heterocycles. The zero-order valence-corrected chi connectivity index (χ0v) is 21.9. The molecule has 2 amide bonds. The van der Waals surface area contributed by atoms with E-state index < -0.39 is 6.04 Å². The van der Waals surface area contributed by atoms with Gasteiger partial charge in [-0.15, -0.1) is 0 Å². The molecule has 0 rings (SSSR count). The SMILES string of the molecule is CCCCCCCCCCCCCCCC(=O)N[C@@H](CCCN=C(N)N)C(=O)N(CC)CC. The van der Waals surface area contributed by atoms with Crippen LogP contribution in [0.25, 0.3) is 0 Å². The van der Waals surface area contributed by atoms with Gasteiger partial charge in [0.05, 0.1) is 0 Å². The molecule has 0 saturated heterocycles. The molecular weight excluding hydrogens is 414 g/mol. The number of carbonyl (C=O) groups is 2. The van der Waals surface area contributed by atoms with E-state index in [0.29, 0.717) is 38.9 Å². The van der Waals surface area contributed by atoms with Crippen LogP contribution in [-0.4, -0.2) is 48.3 Å². The minimum atomic E-state index is -0.506. The lowest BCUT2D eigenvalue weighted by molar-refractivity contribution is -0.136. The molecule has 0 aliphatic rings. The van der Waals surface area contributed by atoms with E-state index in [4.69, 9.17) is 11.5 Å². The number of aliphatic imine (C=N–C) groups is 1. The van der Waals surface area contributed by atoms with Crippen LogP contribution in [0.3, 0.4) is 0 Å². The number of hydrogen-bond donors (Lipinski definition) is 3. The van der Waals surface area contributed by atoms with Crippen molar-refractivity contribution in [1.29, 1.82) is 0 Å². The van der Waals surface area contributed by atoms with Gasteiger partial charge in [-0.2, -0.15) is 0 Å². The number of carbonyl (C=O) groups excluding carboxylic acids is 2. The highest BCUT2D eigenvalue weighted by Gasteiger charge is 2.23. The summed E-state index contributed by atoms with van der Waals surface area (Å²) in [4.78, 5) is 31.0. The maximum absolute atomic E-state index is 12.8. The van der Waals surface area contributed by atoms with Crippen molar-refractivity contribution >= 4 is 17.8 Å². The third kappa shape index (κ3) is 18.3. The van der Waals surface area contributed by atoms with Crippen LogP contribution in [0.1, 0.15) is 124 Å². The smallest absolute Gasteiger partial charge is 0.245 e. The third-order valence-electron chi connectivity index (χ3n) is 6.16. The van der Waals surface area contributed by atoms with Crippen LogP contribution in [0.4, 0.5) is 0 Å². The Labute approximate surface area is 203 Å². The Morgan fingerprint density at radius 3 is 1.70 bits per heavy atom. The average molecular weight is 468 g/mol. The highest BCUT2D eigenvalue weighted by atomic mass is 16.2. The molecule has 0 unspecified atom stereocenters. The van der Waals surface area contributed by atoms with Crippen molar-refractivity contribution in [2.45, 2.75) is 130 Å². The number of rotatable bonds is 22. The summed E-state index contributed by atoms with van der Waals surface area (Å²) in [5.74, 6) is -0.0121. The van der Waals surface area contributed by atoms with E-state index in [9.17, 15) is 9.59 Å². The molecular formula is C26H53N5O2. The Morgan fingerprint density at radius 2 is 1.24 bits per heavy atom. The Bertz CT molecular complexity index is 517. The quantitative estimate of drug-likeness (QED) is 0.120. The normalized spacial score (nSPS) is 11.7. The summed E-state index contributed by atoms with van der Waals surface area (Å²) in [5, 5.41) is 2.96. The van der Waals surface area contributed by atoms with Gasteiger partial charge in [-0.1, -0.05) is 84.0 Å². The molecule has 1 atom stereocenters. The van der Waals surface area contributed by atoms with E-state index in [2.05, 4.69) is 17.2 Å². The number of likely N-dealkylation sites (N-methyl/N-ethyl adjacent to an activating group) is 1. The highest BCUT2D eigenvalue weighted by Crippen LogP contribution is 2.13. The van der Waals surface area contributed by atoms with Crippen LogP contribution in [-0.2, 0) is 9.59 Å². The van der Waals surface area contributed by atoms with Crippen LogP contribution >= 0.6 is 0 Å². The van der Waals surface area contributed by atoms with Crippen molar-refractivity contribution in [3.63, 3.8) is 0 Å². The van der Waals surface area contributed by atoms with Crippen LogP contribution in [0.2, 0.25) is 0 Å². The fourth-order valence-electron chi connectivity index (χ4n) is 4.09. The number of amides is 2. The van der Waals surface area contributed by atoms with Crippen LogP contribution in [0.5, 0.6) is 0 Å². The summed E-state index contributed by atoms with van der Waals surface area (Å²) in [5.41, 5.74) is 10.7. The minimum Gasteiger partial charge on any atom is -0.370 e. The van der Waals surface area contributed by atoms with Crippen molar-refractivity contribution in [3.8, 4) is 0 Å². The maximum Gasteiger partial charge on any atom is 0.245 e. The van der Waals surface area contributed by atoms with Crippen LogP contribution < -0.4 is 16.8 Å². The molecule has 5 N–H and O–H groups in total. The number of nitrogens with zero attached hydrogens (tertiary/aromatic N) is 2. The molecule has 7 nitrogen and oxygen atoms in total. The van der Waals surface area contributed by atoms with Crippen LogP contribution in [0, 0.1) is 0 Å². The molecule has 0 aliphatic carbocycles. The minimum absolute atomic E-state index is 0.0246. The first-order chi connectivity index (χ1) is 16.0. The van der Waals surface area contributed by atoms with Gasteiger partial charge >= 0.3 is 0 Å². The van der Waals surface area contributed by atoms with E-state index in [1.54, 1.807) is 4.90 Å². The Morgan fingerprint density at radius 1 is 0.758 bits per heavy atom. The fourth-order valence-corrected chi connectivity index (χ4v) is 4.09. The molecule has 0 saturated carbocycles. The van der Waals surface area contributed by atoms with E-state index in [1.807, 2.05) is 13.8 Å². The zero-order chi connectivity index (χ0) is 24.7. The molecule has 0 radical (unpaired) electrons. The fraction of sp³-hybridized carbons (Fsp3) is 0.885. The maximum atomic E-state index is 12.8. The summed E-state index contributed by atoms with van der Waals surface area (Å²) in [6.45, 7) is 7.89. The topological polar surface area (TPSA) is 114 Å². The predicted octanol–water partition coefficient (Wildman–Crippen LogP) is 4.87. The zero-order valence-electron chi connectivity index (χ0n) is 21.9. The molecule has 0 aromatic heterocycles. The average Bonchev–Trinajstić information content (AvgIpc) is 2.79. The molecule has 0 aromatic carbocycles. The summed E-state index contributed by atoms with van der Waals surface area (Å²) < 4.78 is 0. The van der Waals surface area contributed by atoms with Crippen LogP contribution in [0.15, 0.2) is 4.99 Å². The standard InChI is InChI=1S/C26H53N5O2/c1-4-7-8-9-10-11-12-13-14-15-16-17-18-21-24(32)30-23(20-19-22-29-26(27)28)25(33)31(5-2)6-3/h23H,4-22H2,1-3H3,(H,30,32)(H4,27,28,29)/t23-/m0/s1. The Balaban J connectivity index is 4.03. The first-order valence-electron chi connectivity index (χ1n) is 13.6. The third-order valence-corrected chi connectivity index (χ3v) is 6.16. The first kappa shape index (κ1) is 31.2. The lowest BCUT2D eigenvalue weighted by atomic mass is 10.0. The largest absolute Gasteiger partial charge is 0.370 e. The summed E-state index contributed by atoms with van der Waals surface area (Å²) in [6, 6.07) is -0.506. The Hall–Kier alpha value is -1.79. The van der Waals surface area contributed by atoms with Gasteiger partial charge in [-0.05, 0) is 33.1 Å². The number of nitrogens with two attached hydrogens (primary N) is 2. The first-order valence-corrected chi connectivity index (χ1v) is 13.6. The van der Waals surface area contributed by atoms with E-state index in [-0.39, 0.29) is 17.8 Å². The van der Waals surface area contributed by atoms with Gasteiger partial charge in [0.25, 0.3) is 0 Å². The van der Waals surface area contributed by atoms with E-state index in [0.717, 1.165) is 12.8 Å². The van der Waals surface area contributed by atoms with Gasteiger partial charge in [0, 0.05) is 26.1 Å². The second-order valence-corrected chi connectivity index (χ2v) is 9.07. The van der Waals surface area contributed by atoms with Crippen molar-refractivity contribution in [2.24, 2.45) is 16.5 Å². The molecule has 0 heterocycles. The predicted molar refractivity (Wildman–Crippen MR) is 140 cm³/mol. The van der Waals surface area contributed by atoms with Gasteiger partial charge in [0.15, 0.2) is 5.96 Å². The molecule has 7 heteroatoms. The van der Waals surface area contributed by atoms with Gasteiger partial charge in [-0.25, -0.2) is 0 Å². The lowest BCUT2D eigenvalue weighted by Crippen LogP contribution is -2.48. The monoisotopic (exact) mass is 467 g/mol. The molecule has 194 valence electrons. The molecule has 0 bridgehead atoms. The number of nitrogens with one attached hydrogen (secondary N) is 1. The summed E-state index contributed by atoms with van der Waals surface area (Å²) >= 11 is 0. The van der Waals surface area contributed by atoms with Crippen molar-refractivity contribution in [3.05, 3.63) is 0 Å². The van der Waals surface area contributed by atoms with Gasteiger partial charge in [0.2, 0.25) is 11.8 Å². The lowest BCUT2D eigenvalue weighted by Gasteiger charge is -2.26. The number of guanidine groups is 1. The molecule has 0 aromatic rings. The van der Waals surface area contributed by atoms with E-state index >= 15 is 0 Å². The van der Waals surface area contributed by atoms with Gasteiger partial charge < -0.3 is 21.7 Å². The van der Waals surface area contributed by atoms with Crippen molar-refractivity contribution in [2.75, 3.05) is 19.6 Å². The van der Waals surface area contributed by atoms with Crippen molar-refractivity contribution in [1.82, 2.24) is 10.2 Å². The molecule has 0 spiro atoms. The molecule has 33 heavy (non-hydrogen) atoms. The Kier molecular flexibility index (Phi) is 20.8. The van der Waals surface area contributed by atoms with Gasteiger partial charge in [-0.3, -0.25) is 14.6 Å². The molecule has 0 fully saturated rings. The van der Waals surface area contributed by atoms with Gasteiger partial charge in [0.1, 0.15) is 6.04 Å². The highest BCUT2D eigenvalue weighted by molar-refractivity contribution is 5.87.